The number of piperidine rings is 2. The van der Waals surface area contributed by atoms with E-state index in [0.29, 0.717) is 52.4 Å². The first-order chi connectivity index (χ1) is 27.8. The van der Waals surface area contributed by atoms with Crippen molar-refractivity contribution in [2.45, 2.75) is 82.3 Å². The van der Waals surface area contributed by atoms with Gasteiger partial charge in [-0.05, 0) is 106 Å². The molecule has 4 amide bonds. The molecule has 308 valence electrons. The molecule has 1 aliphatic carbocycles. The van der Waals surface area contributed by atoms with Crippen LogP contribution in [0.3, 0.4) is 0 Å². The molecule has 4 aliphatic rings. The van der Waals surface area contributed by atoms with E-state index in [1.165, 1.54) is 24.1 Å². The lowest BCUT2D eigenvalue weighted by atomic mass is 9.70. The quantitative estimate of drug-likeness (QED) is 0.158. The number of alkyl halides is 3. The largest absolute Gasteiger partial charge is 0.495 e. The first kappa shape index (κ1) is 39.9. The van der Waals surface area contributed by atoms with Crippen molar-refractivity contribution >= 4 is 51.7 Å². The van der Waals surface area contributed by atoms with Gasteiger partial charge >= 0.3 is 12.2 Å². The number of hydrogen-bond acceptors (Lipinski definition) is 9. The molecular formula is C41H46ClF3N8O5. The Morgan fingerprint density at radius 2 is 1.69 bits per heavy atom. The normalized spacial score (nSPS) is 22.2. The van der Waals surface area contributed by atoms with E-state index < -0.39 is 24.1 Å². The van der Waals surface area contributed by atoms with E-state index in [2.05, 4.69) is 20.5 Å². The molecule has 3 saturated heterocycles. The molecule has 3 N–H and O–H groups in total. The second-order valence-electron chi connectivity index (χ2n) is 15.9. The van der Waals surface area contributed by atoms with Gasteiger partial charge in [-0.25, -0.2) is 9.78 Å². The molecule has 0 radical (unpaired) electrons. The zero-order valence-electron chi connectivity index (χ0n) is 32.1. The Balaban J connectivity index is 0.830. The van der Waals surface area contributed by atoms with Crippen LogP contribution in [0.5, 0.6) is 5.75 Å². The lowest BCUT2D eigenvalue weighted by Gasteiger charge is -2.49. The summed E-state index contributed by atoms with van der Waals surface area (Å²) in [5, 5.41) is 21.9. The molecular weight excluding hydrogens is 777 g/mol. The first-order valence-corrected chi connectivity index (χ1v) is 20.2. The molecule has 58 heavy (non-hydrogen) atoms. The third kappa shape index (κ3) is 8.18. The Kier molecular flexibility index (Phi) is 11.0. The smallest absolute Gasteiger partial charge is 0.433 e. The molecule has 4 aromatic rings. The van der Waals surface area contributed by atoms with E-state index in [-0.39, 0.29) is 41.9 Å². The number of nitrogens with one attached hydrogen (secondary N) is 2. The topological polar surface area (TPSA) is 145 Å². The molecule has 1 spiro atoms. The van der Waals surface area contributed by atoms with Crippen molar-refractivity contribution in [2.24, 2.45) is 5.41 Å². The Hall–Kier alpha value is -4.93. The van der Waals surface area contributed by atoms with E-state index in [0.717, 1.165) is 75.9 Å². The van der Waals surface area contributed by atoms with Gasteiger partial charge < -0.3 is 25.0 Å². The molecule has 4 fully saturated rings. The summed E-state index contributed by atoms with van der Waals surface area (Å²) in [6.07, 6.45) is 4.19. The number of pyridine rings is 1. The lowest BCUT2D eigenvalue weighted by Crippen LogP contribution is -2.51. The van der Waals surface area contributed by atoms with E-state index in [1.54, 1.807) is 30.3 Å². The van der Waals surface area contributed by atoms with Gasteiger partial charge in [0.1, 0.15) is 11.4 Å². The van der Waals surface area contributed by atoms with Gasteiger partial charge in [0.05, 0.1) is 40.8 Å². The fraction of sp³-hybridized carbons (Fsp3) is 0.488. The van der Waals surface area contributed by atoms with Crippen molar-refractivity contribution in [3.63, 3.8) is 0 Å². The molecule has 0 bridgehead atoms. The number of carbonyl (C=O) groups is 3. The number of hydrogen-bond donors (Lipinski definition) is 3. The maximum atomic E-state index is 13.6. The number of benzene rings is 2. The van der Waals surface area contributed by atoms with Crippen LogP contribution in [0.2, 0.25) is 5.02 Å². The molecule has 5 heterocycles. The highest BCUT2D eigenvalue weighted by atomic mass is 35.5. The summed E-state index contributed by atoms with van der Waals surface area (Å²) in [6.45, 7) is 3.63. The molecule has 8 rings (SSSR count). The van der Waals surface area contributed by atoms with Gasteiger partial charge in [-0.15, -0.1) is 0 Å². The maximum absolute atomic E-state index is 13.6. The van der Waals surface area contributed by atoms with Crippen molar-refractivity contribution in [1.29, 1.82) is 0 Å². The summed E-state index contributed by atoms with van der Waals surface area (Å²) in [7, 11) is 1.48. The predicted octanol–water partition coefficient (Wildman–Crippen LogP) is 7.16. The van der Waals surface area contributed by atoms with E-state index in [9.17, 15) is 32.7 Å². The number of aromatic nitrogens is 3. The van der Waals surface area contributed by atoms with Gasteiger partial charge in [0.25, 0.3) is 5.91 Å². The van der Waals surface area contributed by atoms with Crippen LogP contribution in [0, 0.1) is 5.41 Å². The van der Waals surface area contributed by atoms with Crippen LogP contribution in [0.25, 0.3) is 10.9 Å². The number of halogens is 4. The van der Waals surface area contributed by atoms with E-state index >= 15 is 0 Å². The second kappa shape index (κ2) is 16.0. The van der Waals surface area contributed by atoms with Gasteiger partial charge in [-0.2, -0.15) is 18.3 Å². The molecule has 1 atom stereocenters. The average molecular weight is 823 g/mol. The number of anilines is 2. The van der Waals surface area contributed by atoms with Crippen molar-refractivity contribution in [1.82, 2.24) is 29.9 Å². The molecule has 1 saturated carbocycles. The van der Waals surface area contributed by atoms with E-state index in [4.69, 9.17) is 21.4 Å². The number of aliphatic hydroxyl groups excluding tert-OH is 1. The summed E-state index contributed by atoms with van der Waals surface area (Å²) in [6, 6.07) is 12.1. The summed E-state index contributed by atoms with van der Waals surface area (Å²) in [4.78, 5) is 47.2. The molecule has 3 aliphatic heterocycles. The molecule has 13 nitrogen and oxygen atoms in total. The maximum Gasteiger partial charge on any atom is 0.433 e. The third-order valence-corrected chi connectivity index (χ3v) is 12.9. The first-order valence-electron chi connectivity index (χ1n) is 19.8. The van der Waals surface area contributed by atoms with Crippen LogP contribution >= 0.6 is 11.6 Å². The molecule has 17 heteroatoms. The monoisotopic (exact) mass is 822 g/mol. The van der Waals surface area contributed by atoms with E-state index in [1.807, 2.05) is 15.8 Å². The highest BCUT2D eigenvalue weighted by Crippen LogP contribution is 2.44. The minimum atomic E-state index is -4.63. The van der Waals surface area contributed by atoms with Gasteiger partial charge in [0.2, 0.25) is 5.91 Å². The SMILES string of the molecule is COc1cc2nn(C3CCC(N4CCC5(CCN(C(=O)c6ccc(Cl)c(N7CCC(=O)NC7=O)c6)CC5)CC4)CC3)cc2cc1NC(O)c1cccc(C(F)(F)F)n1. The van der Waals surface area contributed by atoms with Gasteiger partial charge in [0, 0.05) is 55.3 Å². The Morgan fingerprint density at radius 1 is 0.983 bits per heavy atom. The van der Waals surface area contributed by atoms with Crippen LogP contribution in [-0.4, -0.2) is 93.4 Å². The van der Waals surface area contributed by atoms with Gasteiger partial charge in [-0.1, -0.05) is 17.7 Å². The minimum absolute atomic E-state index is 0.0813. The number of imide groups is 1. The summed E-state index contributed by atoms with van der Waals surface area (Å²) < 4.78 is 47.2. The van der Waals surface area contributed by atoms with Crippen LogP contribution < -0.4 is 20.3 Å². The Morgan fingerprint density at radius 3 is 2.38 bits per heavy atom. The van der Waals surface area contributed by atoms with Crippen LogP contribution in [-0.2, 0) is 11.0 Å². The summed E-state index contributed by atoms with van der Waals surface area (Å²) in [5.41, 5.74) is 0.992. The predicted molar refractivity (Wildman–Crippen MR) is 211 cm³/mol. The number of urea groups is 1. The lowest BCUT2D eigenvalue weighted by molar-refractivity contribution is -0.141. The summed E-state index contributed by atoms with van der Waals surface area (Å²) in [5.74, 6) is -0.0177. The van der Waals surface area contributed by atoms with Crippen LogP contribution in [0.15, 0.2) is 54.7 Å². The number of rotatable bonds is 8. The zero-order valence-corrected chi connectivity index (χ0v) is 32.9. The Labute approximate surface area is 338 Å². The number of amides is 4. The number of carbonyl (C=O) groups excluding carboxylic acids is 3. The number of methoxy groups -OCH3 is 1. The number of fused-ring (bicyclic) bond motifs is 1. The van der Waals surface area contributed by atoms with Crippen LogP contribution in [0.4, 0.5) is 29.3 Å². The highest BCUT2D eigenvalue weighted by molar-refractivity contribution is 6.34. The van der Waals surface area contributed by atoms with Gasteiger partial charge in [-0.3, -0.25) is 24.5 Å². The number of likely N-dealkylation sites (tertiary alicyclic amines) is 2. The molecule has 1 unspecified atom stereocenters. The van der Waals surface area contributed by atoms with Crippen LogP contribution in [0.1, 0.15) is 91.8 Å². The zero-order chi connectivity index (χ0) is 40.8. The van der Waals surface area contributed by atoms with Crippen molar-refractivity contribution in [3.8, 4) is 5.75 Å². The van der Waals surface area contributed by atoms with Crippen molar-refractivity contribution in [2.75, 3.05) is 50.1 Å². The number of nitrogens with zero attached hydrogens (tertiary/aromatic N) is 6. The van der Waals surface area contributed by atoms with Crippen molar-refractivity contribution in [3.05, 3.63) is 76.7 Å². The van der Waals surface area contributed by atoms with Gasteiger partial charge in [0.15, 0.2) is 6.23 Å². The number of ether oxygens (including phenoxy) is 1. The standard InChI is InChI=1S/C41H46ClF3N8O5/c1-58-34-23-31-26(21-32(34)47-37(55)30-3-2-4-35(46-30)41(43,44)45)24-53(49-31)28-8-6-27(7-9-28)50-17-12-40(13-18-50)14-19-51(20-15-40)38(56)25-5-10-29(42)33(22-25)52-16-11-36(54)48-39(52)57/h2-5,10,21-24,27-28,37,47,55H,6-9,11-20H2,1H3,(H,48,54,57). The second-order valence-corrected chi connectivity index (χ2v) is 16.3. The fourth-order valence-corrected chi connectivity index (χ4v) is 9.31. The Bertz CT molecular complexity index is 2190. The number of aliphatic hydroxyl groups is 1. The van der Waals surface area contributed by atoms with Crippen molar-refractivity contribution < 1.29 is 37.4 Å². The molecule has 2 aromatic carbocycles. The minimum Gasteiger partial charge on any atom is -0.495 e. The highest BCUT2D eigenvalue weighted by Gasteiger charge is 2.41. The third-order valence-electron chi connectivity index (χ3n) is 12.5. The average Bonchev–Trinajstić information content (AvgIpc) is 3.64. The summed E-state index contributed by atoms with van der Waals surface area (Å²) >= 11 is 6.42. The molecule has 2 aromatic heterocycles. The fourth-order valence-electron chi connectivity index (χ4n) is 9.09.